The van der Waals surface area contributed by atoms with Crippen LogP contribution >= 0.6 is 23.2 Å². The molecule has 24 heavy (non-hydrogen) atoms. The van der Waals surface area contributed by atoms with Crippen molar-refractivity contribution in [3.63, 3.8) is 0 Å². The van der Waals surface area contributed by atoms with E-state index < -0.39 is 0 Å². The number of phenolic OH excluding ortho intramolecular Hbond substituents is 1. The van der Waals surface area contributed by atoms with Crippen LogP contribution in [0.3, 0.4) is 0 Å². The first kappa shape index (κ1) is 16.8. The first-order valence-electron chi connectivity index (χ1n) is 7.39. The Kier molecular flexibility index (Phi) is 4.54. The van der Waals surface area contributed by atoms with Crippen LogP contribution in [0.2, 0.25) is 10.0 Å². The molecule has 124 valence electrons. The number of aromatic hydroxyl groups is 1. The average molecular weight is 365 g/mol. The van der Waals surface area contributed by atoms with Crippen molar-refractivity contribution in [3.8, 4) is 16.9 Å². The van der Waals surface area contributed by atoms with Crippen molar-refractivity contribution in [1.29, 1.82) is 0 Å². The zero-order chi connectivity index (χ0) is 17.4. The summed E-state index contributed by atoms with van der Waals surface area (Å²) in [5.74, 6) is 0.115. The number of hydrogen-bond acceptors (Lipinski definition) is 3. The van der Waals surface area contributed by atoms with Gasteiger partial charge in [0, 0.05) is 10.6 Å². The highest BCUT2D eigenvalue weighted by molar-refractivity contribution is 6.36. The second-order valence-electron chi connectivity index (χ2n) is 5.93. The number of halogens is 2. The Morgan fingerprint density at radius 2 is 1.88 bits per heavy atom. The zero-order valence-corrected chi connectivity index (χ0v) is 14.7. The standard InChI is InChI=1S/C18H15Cl2NO3/c1-21(2)8-13-16(22)6-5-12-17(23)14(9-24-18(12)13)11-4-3-10(19)7-15(11)20/h3-7,9,22H,8H2,1-2H3/p+1. The maximum absolute atomic E-state index is 12.9. The summed E-state index contributed by atoms with van der Waals surface area (Å²) in [7, 11) is 3.91. The third-order valence-electron chi connectivity index (χ3n) is 3.77. The Labute approximate surface area is 148 Å². The molecule has 0 radical (unpaired) electrons. The summed E-state index contributed by atoms with van der Waals surface area (Å²) in [5.41, 5.74) is 1.73. The second kappa shape index (κ2) is 6.48. The number of hydrogen-bond donors (Lipinski definition) is 2. The van der Waals surface area contributed by atoms with Gasteiger partial charge in [0.15, 0.2) is 0 Å². The van der Waals surface area contributed by atoms with E-state index in [1.807, 2.05) is 14.1 Å². The summed E-state index contributed by atoms with van der Waals surface area (Å²) in [5, 5.41) is 11.4. The van der Waals surface area contributed by atoms with Crippen molar-refractivity contribution >= 4 is 34.2 Å². The predicted octanol–water partition coefficient (Wildman–Crippen LogP) is 3.12. The van der Waals surface area contributed by atoms with E-state index in [0.717, 1.165) is 4.90 Å². The van der Waals surface area contributed by atoms with Gasteiger partial charge in [-0.3, -0.25) is 4.79 Å². The Bertz CT molecular complexity index is 980. The van der Waals surface area contributed by atoms with Crippen LogP contribution in [-0.4, -0.2) is 19.2 Å². The lowest BCUT2D eigenvalue weighted by molar-refractivity contribution is -0.872. The monoisotopic (exact) mass is 364 g/mol. The van der Waals surface area contributed by atoms with Crippen molar-refractivity contribution in [2.75, 3.05) is 14.1 Å². The van der Waals surface area contributed by atoms with Gasteiger partial charge in [-0.1, -0.05) is 29.3 Å². The zero-order valence-electron chi connectivity index (χ0n) is 13.2. The third-order valence-corrected chi connectivity index (χ3v) is 4.32. The predicted molar refractivity (Wildman–Crippen MR) is 96.1 cm³/mol. The molecule has 0 aliphatic rings. The molecule has 0 bridgehead atoms. The van der Waals surface area contributed by atoms with Crippen molar-refractivity contribution in [3.05, 3.63) is 62.4 Å². The van der Waals surface area contributed by atoms with Gasteiger partial charge in [-0.25, -0.2) is 0 Å². The van der Waals surface area contributed by atoms with Crippen LogP contribution in [0.5, 0.6) is 5.75 Å². The van der Waals surface area contributed by atoms with Crippen LogP contribution in [0.25, 0.3) is 22.1 Å². The summed E-state index contributed by atoms with van der Waals surface area (Å²) < 4.78 is 5.71. The molecule has 2 aromatic carbocycles. The quantitative estimate of drug-likeness (QED) is 0.750. The van der Waals surface area contributed by atoms with E-state index >= 15 is 0 Å². The van der Waals surface area contributed by atoms with Gasteiger partial charge in [0.25, 0.3) is 0 Å². The Morgan fingerprint density at radius 3 is 2.54 bits per heavy atom. The molecule has 0 aliphatic heterocycles. The SMILES string of the molecule is C[NH+](C)Cc1c(O)ccc2c(=O)c(-c3ccc(Cl)cc3Cl)coc12. The minimum absolute atomic E-state index is 0.115. The number of phenols is 1. The molecule has 0 atom stereocenters. The second-order valence-corrected chi connectivity index (χ2v) is 6.77. The summed E-state index contributed by atoms with van der Waals surface area (Å²) in [4.78, 5) is 14.0. The van der Waals surface area contributed by atoms with Crippen LogP contribution in [0.15, 0.2) is 45.8 Å². The van der Waals surface area contributed by atoms with Gasteiger partial charge in [0.1, 0.15) is 24.1 Å². The molecule has 0 saturated heterocycles. The lowest BCUT2D eigenvalue weighted by Gasteiger charge is -2.12. The Hall–Kier alpha value is -2.01. The molecule has 3 rings (SSSR count). The van der Waals surface area contributed by atoms with Crippen molar-refractivity contribution in [1.82, 2.24) is 0 Å². The Morgan fingerprint density at radius 1 is 1.12 bits per heavy atom. The number of quaternary nitrogens is 1. The fraction of sp³-hybridized carbons (Fsp3) is 0.167. The smallest absolute Gasteiger partial charge is 0.200 e. The van der Waals surface area contributed by atoms with Gasteiger partial charge in [-0.2, -0.15) is 0 Å². The van der Waals surface area contributed by atoms with Gasteiger partial charge in [-0.05, 0) is 24.3 Å². The van der Waals surface area contributed by atoms with E-state index in [1.165, 1.54) is 12.3 Å². The number of benzene rings is 2. The molecule has 0 amide bonds. The van der Waals surface area contributed by atoms with E-state index in [0.29, 0.717) is 44.2 Å². The minimum atomic E-state index is -0.199. The van der Waals surface area contributed by atoms with Crippen molar-refractivity contribution in [2.45, 2.75) is 6.54 Å². The van der Waals surface area contributed by atoms with E-state index in [4.69, 9.17) is 27.6 Å². The molecular weight excluding hydrogens is 349 g/mol. The Balaban J connectivity index is 2.26. The molecule has 0 fully saturated rings. The molecular formula is C18H16Cl2NO3+. The first-order chi connectivity index (χ1) is 11.4. The van der Waals surface area contributed by atoms with Crippen LogP contribution in [0, 0.1) is 0 Å². The summed E-state index contributed by atoms with van der Waals surface area (Å²) in [6.45, 7) is 0.535. The molecule has 2 N–H and O–H groups in total. The van der Waals surface area contributed by atoms with Crippen molar-refractivity contribution in [2.24, 2.45) is 0 Å². The van der Waals surface area contributed by atoms with E-state index in [9.17, 15) is 9.90 Å². The van der Waals surface area contributed by atoms with Gasteiger partial charge < -0.3 is 14.4 Å². The maximum atomic E-state index is 12.9. The van der Waals surface area contributed by atoms with Crippen LogP contribution < -0.4 is 10.3 Å². The van der Waals surface area contributed by atoms with Crippen molar-refractivity contribution < 1.29 is 14.4 Å². The maximum Gasteiger partial charge on any atom is 0.200 e. The number of rotatable bonds is 3. The van der Waals surface area contributed by atoms with Gasteiger partial charge in [0.2, 0.25) is 5.43 Å². The first-order valence-corrected chi connectivity index (χ1v) is 8.15. The lowest BCUT2D eigenvalue weighted by atomic mass is 10.0. The lowest BCUT2D eigenvalue weighted by Crippen LogP contribution is -3.04. The van der Waals surface area contributed by atoms with E-state index in [-0.39, 0.29) is 11.2 Å². The molecule has 3 aromatic rings. The molecule has 6 heteroatoms. The fourth-order valence-corrected chi connectivity index (χ4v) is 3.18. The molecule has 1 aromatic heterocycles. The normalized spacial score (nSPS) is 11.4. The highest BCUT2D eigenvalue weighted by Crippen LogP contribution is 2.31. The topological polar surface area (TPSA) is 54.9 Å². The van der Waals surface area contributed by atoms with Gasteiger partial charge in [-0.15, -0.1) is 0 Å². The number of fused-ring (bicyclic) bond motifs is 1. The largest absolute Gasteiger partial charge is 0.507 e. The van der Waals surface area contributed by atoms with Gasteiger partial charge in [0.05, 0.1) is 35.6 Å². The highest BCUT2D eigenvalue weighted by Gasteiger charge is 2.18. The molecule has 0 aliphatic carbocycles. The summed E-state index contributed by atoms with van der Waals surface area (Å²) >= 11 is 12.1. The molecule has 0 unspecified atom stereocenters. The van der Waals surface area contributed by atoms with E-state index in [1.54, 1.807) is 24.3 Å². The van der Waals surface area contributed by atoms with Crippen LogP contribution in [0.1, 0.15) is 5.56 Å². The molecule has 0 spiro atoms. The fourth-order valence-electron chi connectivity index (χ4n) is 2.67. The molecule has 4 nitrogen and oxygen atoms in total. The average Bonchev–Trinajstić information content (AvgIpc) is 2.51. The van der Waals surface area contributed by atoms with Crippen LogP contribution in [0.4, 0.5) is 0 Å². The summed E-state index contributed by atoms with van der Waals surface area (Å²) in [6, 6.07) is 8.03. The minimum Gasteiger partial charge on any atom is -0.507 e. The van der Waals surface area contributed by atoms with Gasteiger partial charge >= 0.3 is 0 Å². The molecule has 1 heterocycles. The highest BCUT2D eigenvalue weighted by atomic mass is 35.5. The van der Waals surface area contributed by atoms with E-state index in [2.05, 4.69) is 0 Å². The summed E-state index contributed by atoms with van der Waals surface area (Å²) in [6.07, 6.45) is 1.38. The van der Waals surface area contributed by atoms with Crippen LogP contribution in [-0.2, 0) is 6.54 Å². The third kappa shape index (κ3) is 3.00. The number of nitrogens with one attached hydrogen (secondary N) is 1. The molecule has 0 saturated carbocycles.